The lowest BCUT2D eigenvalue weighted by atomic mass is 10.1. The minimum absolute atomic E-state index is 0.250. The summed E-state index contributed by atoms with van der Waals surface area (Å²) in [5.41, 5.74) is 3.45. The summed E-state index contributed by atoms with van der Waals surface area (Å²) in [6.07, 6.45) is 1.89. The molecule has 1 heterocycles. The van der Waals surface area contributed by atoms with Crippen LogP contribution >= 0.6 is 15.9 Å². The molecule has 1 N–H and O–H groups in total. The van der Waals surface area contributed by atoms with Crippen LogP contribution in [0, 0.1) is 6.92 Å². The smallest absolute Gasteiger partial charge is 0.133 e. The molecule has 2 aromatic rings. The number of hydrogen-bond donors (Lipinski definition) is 1. The average Bonchev–Trinajstić information content (AvgIpc) is 2.46. The zero-order valence-electron chi connectivity index (χ0n) is 12.0. The van der Waals surface area contributed by atoms with Gasteiger partial charge in [-0.1, -0.05) is 12.1 Å². The zero-order chi connectivity index (χ0) is 14.5. The largest absolute Gasteiger partial charge is 0.496 e. The fraction of sp³-hybridized carbons (Fsp3) is 0.312. The highest BCUT2D eigenvalue weighted by atomic mass is 79.9. The number of hydrogen-bond acceptors (Lipinski definition) is 3. The maximum absolute atomic E-state index is 5.24. The molecule has 0 saturated carbocycles. The van der Waals surface area contributed by atoms with Gasteiger partial charge in [-0.3, -0.25) is 4.98 Å². The molecule has 0 amide bonds. The predicted octanol–water partition coefficient (Wildman–Crippen LogP) is 4.01. The van der Waals surface area contributed by atoms with E-state index in [9.17, 15) is 0 Å². The van der Waals surface area contributed by atoms with Crippen molar-refractivity contribution < 1.29 is 4.74 Å². The van der Waals surface area contributed by atoms with Gasteiger partial charge in [0.2, 0.25) is 0 Å². The minimum atomic E-state index is 0.250. The molecule has 1 atom stereocenters. The summed E-state index contributed by atoms with van der Waals surface area (Å²) < 4.78 is 6.21. The molecule has 0 aliphatic heterocycles. The van der Waals surface area contributed by atoms with Gasteiger partial charge in [0.25, 0.3) is 0 Å². The highest BCUT2D eigenvalue weighted by Crippen LogP contribution is 2.28. The third kappa shape index (κ3) is 3.81. The topological polar surface area (TPSA) is 34.1 Å². The molecule has 20 heavy (non-hydrogen) atoms. The van der Waals surface area contributed by atoms with Crippen LogP contribution in [0.5, 0.6) is 5.75 Å². The van der Waals surface area contributed by atoms with Gasteiger partial charge in [-0.05, 0) is 59.1 Å². The van der Waals surface area contributed by atoms with Crippen molar-refractivity contribution in [3.05, 3.63) is 57.8 Å². The van der Waals surface area contributed by atoms with E-state index in [-0.39, 0.29) is 6.04 Å². The lowest BCUT2D eigenvalue weighted by molar-refractivity contribution is 0.411. The van der Waals surface area contributed by atoms with Gasteiger partial charge in [-0.25, -0.2) is 0 Å². The lowest BCUT2D eigenvalue weighted by Gasteiger charge is -2.15. The van der Waals surface area contributed by atoms with Gasteiger partial charge >= 0.3 is 0 Å². The van der Waals surface area contributed by atoms with E-state index >= 15 is 0 Å². The van der Waals surface area contributed by atoms with Crippen LogP contribution in [0.3, 0.4) is 0 Å². The second kappa shape index (κ2) is 6.86. The summed E-state index contributed by atoms with van der Waals surface area (Å²) in [4.78, 5) is 4.40. The fourth-order valence-corrected chi connectivity index (χ4v) is 2.49. The maximum Gasteiger partial charge on any atom is 0.133 e. The van der Waals surface area contributed by atoms with E-state index in [1.807, 2.05) is 19.2 Å². The Kier molecular flexibility index (Phi) is 5.15. The summed E-state index contributed by atoms with van der Waals surface area (Å²) in [5, 5.41) is 3.48. The number of aromatic nitrogens is 1. The van der Waals surface area contributed by atoms with Crippen molar-refractivity contribution in [3.8, 4) is 5.75 Å². The Morgan fingerprint density at radius 2 is 2.10 bits per heavy atom. The SMILES string of the molecule is COc1ccc([C@H](C)NCc2ccc(C)cn2)cc1Br. The molecule has 1 aromatic heterocycles. The molecule has 0 aliphatic rings. The Morgan fingerprint density at radius 1 is 1.30 bits per heavy atom. The standard InChI is InChI=1S/C16H19BrN2O/c1-11-4-6-14(19-9-11)10-18-12(2)13-5-7-16(20-3)15(17)8-13/h4-9,12,18H,10H2,1-3H3/t12-/m0/s1. The maximum atomic E-state index is 5.24. The Bertz CT molecular complexity index is 569. The summed E-state index contributed by atoms with van der Waals surface area (Å²) in [5.74, 6) is 0.848. The summed E-state index contributed by atoms with van der Waals surface area (Å²) in [6, 6.07) is 10.5. The summed E-state index contributed by atoms with van der Waals surface area (Å²) >= 11 is 3.51. The first kappa shape index (κ1) is 15.0. The second-order valence-electron chi connectivity index (χ2n) is 4.82. The molecule has 0 bridgehead atoms. The molecule has 0 fully saturated rings. The van der Waals surface area contributed by atoms with Crippen LogP contribution in [0.25, 0.3) is 0 Å². The third-order valence-electron chi connectivity index (χ3n) is 3.24. The van der Waals surface area contributed by atoms with Crippen LogP contribution in [0.2, 0.25) is 0 Å². The molecule has 0 unspecified atom stereocenters. The van der Waals surface area contributed by atoms with Crippen LogP contribution in [0.1, 0.15) is 29.8 Å². The van der Waals surface area contributed by atoms with E-state index in [1.54, 1.807) is 7.11 Å². The number of nitrogens with zero attached hydrogens (tertiary/aromatic N) is 1. The van der Waals surface area contributed by atoms with Crippen molar-refractivity contribution >= 4 is 15.9 Å². The van der Waals surface area contributed by atoms with Gasteiger partial charge in [0.1, 0.15) is 5.75 Å². The summed E-state index contributed by atoms with van der Waals surface area (Å²) in [7, 11) is 1.67. The van der Waals surface area contributed by atoms with Crippen molar-refractivity contribution in [2.75, 3.05) is 7.11 Å². The van der Waals surface area contributed by atoms with Gasteiger partial charge in [0, 0.05) is 18.8 Å². The Morgan fingerprint density at radius 3 is 2.70 bits per heavy atom. The minimum Gasteiger partial charge on any atom is -0.496 e. The Labute approximate surface area is 128 Å². The molecule has 0 saturated heterocycles. The highest BCUT2D eigenvalue weighted by Gasteiger charge is 2.08. The first-order valence-electron chi connectivity index (χ1n) is 6.58. The number of nitrogens with one attached hydrogen (secondary N) is 1. The number of aryl methyl sites for hydroxylation is 1. The van der Waals surface area contributed by atoms with Gasteiger partial charge in [0.05, 0.1) is 17.3 Å². The fourth-order valence-electron chi connectivity index (χ4n) is 1.93. The van der Waals surface area contributed by atoms with E-state index in [0.717, 1.165) is 22.5 Å². The molecule has 0 aliphatic carbocycles. The predicted molar refractivity (Wildman–Crippen MR) is 84.9 cm³/mol. The van der Waals surface area contributed by atoms with Crippen LogP contribution in [0.4, 0.5) is 0 Å². The van der Waals surface area contributed by atoms with E-state index in [2.05, 4.69) is 57.4 Å². The molecule has 4 heteroatoms. The quantitative estimate of drug-likeness (QED) is 0.896. The number of halogens is 1. The first-order chi connectivity index (χ1) is 9.60. The van der Waals surface area contributed by atoms with Crippen molar-refractivity contribution in [1.82, 2.24) is 10.3 Å². The molecule has 106 valence electrons. The number of ether oxygens (including phenoxy) is 1. The van der Waals surface area contributed by atoms with E-state index in [4.69, 9.17) is 4.74 Å². The van der Waals surface area contributed by atoms with Crippen molar-refractivity contribution in [3.63, 3.8) is 0 Å². The molecule has 2 rings (SSSR count). The van der Waals surface area contributed by atoms with E-state index < -0.39 is 0 Å². The molecule has 0 radical (unpaired) electrons. The number of rotatable bonds is 5. The van der Waals surface area contributed by atoms with Gasteiger partial charge in [0.15, 0.2) is 0 Å². The molecular weight excluding hydrogens is 316 g/mol. The average molecular weight is 335 g/mol. The number of methoxy groups -OCH3 is 1. The van der Waals surface area contributed by atoms with Gasteiger partial charge in [-0.2, -0.15) is 0 Å². The van der Waals surface area contributed by atoms with Crippen LogP contribution in [0.15, 0.2) is 41.0 Å². The van der Waals surface area contributed by atoms with Crippen molar-refractivity contribution in [1.29, 1.82) is 0 Å². The third-order valence-corrected chi connectivity index (χ3v) is 3.86. The number of pyridine rings is 1. The Hall–Kier alpha value is -1.39. The first-order valence-corrected chi connectivity index (χ1v) is 7.38. The van der Waals surface area contributed by atoms with E-state index in [0.29, 0.717) is 0 Å². The summed E-state index contributed by atoms with van der Waals surface area (Å²) in [6.45, 7) is 4.94. The zero-order valence-corrected chi connectivity index (χ0v) is 13.6. The van der Waals surface area contributed by atoms with Crippen LogP contribution in [-0.2, 0) is 6.54 Å². The van der Waals surface area contributed by atoms with Gasteiger partial charge in [-0.15, -0.1) is 0 Å². The Balaban J connectivity index is 1.99. The molecule has 0 spiro atoms. The normalized spacial score (nSPS) is 12.2. The molecule has 1 aromatic carbocycles. The second-order valence-corrected chi connectivity index (χ2v) is 5.68. The van der Waals surface area contributed by atoms with E-state index in [1.165, 1.54) is 11.1 Å². The van der Waals surface area contributed by atoms with Crippen LogP contribution in [-0.4, -0.2) is 12.1 Å². The highest BCUT2D eigenvalue weighted by molar-refractivity contribution is 9.10. The van der Waals surface area contributed by atoms with Crippen molar-refractivity contribution in [2.24, 2.45) is 0 Å². The molecule has 3 nitrogen and oxygen atoms in total. The lowest BCUT2D eigenvalue weighted by Crippen LogP contribution is -2.18. The van der Waals surface area contributed by atoms with Crippen molar-refractivity contribution in [2.45, 2.75) is 26.4 Å². The van der Waals surface area contributed by atoms with Crippen LogP contribution < -0.4 is 10.1 Å². The van der Waals surface area contributed by atoms with Gasteiger partial charge < -0.3 is 10.1 Å². The molecular formula is C16H19BrN2O. The monoisotopic (exact) mass is 334 g/mol. The number of benzene rings is 1.